The van der Waals surface area contributed by atoms with Crippen LogP contribution >= 0.6 is 11.8 Å². The van der Waals surface area contributed by atoms with Crippen molar-refractivity contribution in [2.75, 3.05) is 5.75 Å². The van der Waals surface area contributed by atoms with Crippen LogP contribution in [0.1, 0.15) is 30.7 Å². The highest BCUT2D eigenvalue weighted by molar-refractivity contribution is 7.99. The topological polar surface area (TPSA) is 77.8 Å². The number of carbonyl (C=O) groups is 2. The van der Waals surface area contributed by atoms with Gasteiger partial charge in [0.05, 0.1) is 0 Å². The van der Waals surface area contributed by atoms with Gasteiger partial charge < -0.3 is 15.1 Å². The Bertz CT molecular complexity index is 520. The number of rotatable bonds is 4. The zero-order valence-corrected chi connectivity index (χ0v) is 12.0. The number of carbonyl (C=O) groups excluding carboxylic acids is 1. The van der Waals surface area contributed by atoms with Crippen molar-refractivity contribution in [2.45, 2.75) is 31.2 Å². The molecule has 5 nitrogen and oxygen atoms in total. The van der Waals surface area contributed by atoms with Gasteiger partial charge in [-0.2, -0.15) is 0 Å². The third-order valence-corrected chi connectivity index (χ3v) is 4.55. The third-order valence-electron chi connectivity index (χ3n) is 3.24. The summed E-state index contributed by atoms with van der Waals surface area (Å²) in [5, 5.41) is 18.8. The minimum atomic E-state index is -1.00. The first kappa shape index (κ1) is 14.7. The van der Waals surface area contributed by atoms with Crippen LogP contribution < -0.4 is 0 Å². The monoisotopic (exact) mass is 295 g/mol. The molecule has 108 valence electrons. The summed E-state index contributed by atoms with van der Waals surface area (Å²) in [6.07, 6.45) is 0.980. The second-order valence-electron chi connectivity index (χ2n) is 4.65. The molecule has 1 amide bonds. The molecule has 2 rings (SSSR count). The summed E-state index contributed by atoms with van der Waals surface area (Å²) < 4.78 is 0. The van der Waals surface area contributed by atoms with Crippen molar-refractivity contribution in [2.24, 2.45) is 0 Å². The summed E-state index contributed by atoms with van der Waals surface area (Å²) in [5.74, 6) is -0.757. The number of hydrogen-bond acceptors (Lipinski definition) is 4. The van der Waals surface area contributed by atoms with Crippen LogP contribution in [0.2, 0.25) is 0 Å². The summed E-state index contributed by atoms with van der Waals surface area (Å²) in [6.45, 7) is 1.88. The highest BCUT2D eigenvalue weighted by Gasteiger charge is 2.42. The molecule has 0 saturated carbocycles. The van der Waals surface area contributed by atoms with Gasteiger partial charge >= 0.3 is 5.97 Å². The van der Waals surface area contributed by atoms with E-state index in [9.17, 15) is 19.8 Å². The van der Waals surface area contributed by atoms with Crippen molar-refractivity contribution >= 4 is 23.6 Å². The van der Waals surface area contributed by atoms with Crippen LogP contribution in [0.25, 0.3) is 0 Å². The molecular formula is C14H17NO4S. The lowest BCUT2D eigenvalue weighted by Crippen LogP contribution is -2.42. The van der Waals surface area contributed by atoms with Crippen molar-refractivity contribution in [1.82, 2.24) is 4.90 Å². The van der Waals surface area contributed by atoms with E-state index < -0.39 is 17.4 Å². The largest absolute Gasteiger partial charge is 0.508 e. The predicted octanol–water partition coefficient (Wildman–Crippen LogP) is 2.22. The number of aliphatic carboxylic acids is 1. The molecule has 0 bridgehead atoms. The van der Waals surface area contributed by atoms with E-state index in [0.717, 1.165) is 0 Å². The lowest BCUT2D eigenvalue weighted by atomic mass is 10.1. The minimum absolute atomic E-state index is 0.0883. The fraction of sp³-hybridized carbons (Fsp3) is 0.429. The number of thioether (sulfide) groups is 1. The van der Waals surface area contributed by atoms with Gasteiger partial charge in [-0.05, 0) is 12.5 Å². The van der Waals surface area contributed by atoms with E-state index in [1.165, 1.54) is 16.7 Å². The molecule has 20 heavy (non-hydrogen) atoms. The molecule has 1 heterocycles. The predicted molar refractivity (Wildman–Crippen MR) is 76.5 cm³/mol. The Hall–Kier alpha value is -1.69. The van der Waals surface area contributed by atoms with Crippen molar-refractivity contribution < 1.29 is 19.8 Å². The van der Waals surface area contributed by atoms with Gasteiger partial charge in [0.1, 0.15) is 17.2 Å². The molecule has 1 unspecified atom stereocenters. The molecule has 0 spiro atoms. The normalized spacial score (nSPS) is 21.9. The van der Waals surface area contributed by atoms with Crippen molar-refractivity contribution in [3.8, 4) is 5.75 Å². The smallest absolute Gasteiger partial charge is 0.327 e. The number of nitrogens with zero attached hydrogens (tertiary/aromatic N) is 1. The fourth-order valence-electron chi connectivity index (χ4n) is 2.28. The first-order valence-electron chi connectivity index (χ1n) is 6.49. The zero-order valence-electron chi connectivity index (χ0n) is 11.2. The van der Waals surface area contributed by atoms with Gasteiger partial charge in [0.2, 0.25) is 5.91 Å². The molecule has 1 aromatic carbocycles. The number of carboxylic acid groups (broad SMARTS) is 1. The van der Waals surface area contributed by atoms with Crippen LogP contribution in [0.3, 0.4) is 0 Å². The van der Waals surface area contributed by atoms with Crippen molar-refractivity contribution in [3.05, 3.63) is 29.8 Å². The van der Waals surface area contributed by atoms with Crippen molar-refractivity contribution in [3.63, 3.8) is 0 Å². The highest BCUT2D eigenvalue weighted by Crippen LogP contribution is 2.44. The van der Waals surface area contributed by atoms with E-state index in [2.05, 4.69) is 0 Å². The average molecular weight is 295 g/mol. The maximum absolute atomic E-state index is 12.2. The number of aromatic hydroxyl groups is 1. The van der Waals surface area contributed by atoms with Crippen LogP contribution in [-0.4, -0.2) is 38.8 Å². The number of para-hydroxylation sites is 1. The molecular weight excluding hydrogens is 278 g/mol. The number of benzene rings is 1. The van der Waals surface area contributed by atoms with Crippen LogP contribution in [0, 0.1) is 0 Å². The van der Waals surface area contributed by atoms with E-state index in [-0.39, 0.29) is 11.7 Å². The highest BCUT2D eigenvalue weighted by atomic mass is 32.2. The van der Waals surface area contributed by atoms with Gasteiger partial charge in [-0.15, -0.1) is 11.8 Å². The van der Waals surface area contributed by atoms with Crippen LogP contribution in [0.15, 0.2) is 24.3 Å². The Morgan fingerprint density at radius 1 is 1.40 bits per heavy atom. The first-order chi connectivity index (χ1) is 9.56. The number of carboxylic acids is 1. The van der Waals surface area contributed by atoms with Gasteiger partial charge in [0.25, 0.3) is 0 Å². The maximum atomic E-state index is 12.2. The van der Waals surface area contributed by atoms with Gasteiger partial charge in [0, 0.05) is 17.7 Å². The summed E-state index contributed by atoms with van der Waals surface area (Å²) in [4.78, 5) is 24.9. The summed E-state index contributed by atoms with van der Waals surface area (Å²) in [7, 11) is 0. The second kappa shape index (κ2) is 6.17. The molecule has 1 saturated heterocycles. The molecule has 1 aromatic rings. The number of phenols is 1. The Morgan fingerprint density at radius 2 is 2.10 bits per heavy atom. The van der Waals surface area contributed by atoms with E-state index in [4.69, 9.17) is 0 Å². The SMILES string of the molecule is CCCC(=O)N1C(c2ccccc2O)SC[C@H]1C(=O)O. The molecule has 6 heteroatoms. The lowest BCUT2D eigenvalue weighted by molar-refractivity contribution is -0.149. The third kappa shape index (κ3) is 2.75. The number of phenolic OH excluding ortho intramolecular Hbond substituents is 1. The average Bonchev–Trinajstić information content (AvgIpc) is 2.84. The maximum Gasteiger partial charge on any atom is 0.327 e. The Labute approximate surface area is 121 Å². The fourth-order valence-corrected chi connectivity index (χ4v) is 3.75. The van der Waals surface area contributed by atoms with Gasteiger partial charge in [-0.1, -0.05) is 25.1 Å². The second-order valence-corrected chi connectivity index (χ2v) is 5.76. The number of hydrogen-bond donors (Lipinski definition) is 2. The van der Waals surface area contributed by atoms with Gasteiger partial charge in [-0.3, -0.25) is 4.79 Å². The first-order valence-corrected chi connectivity index (χ1v) is 7.54. The van der Waals surface area contributed by atoms with Crippen molar-refractivity contribution in [1.29, 1.82) is 0 Å². The molecule has 2 atom stereocenters. The van der Waals surface area contributed by atoms with Crippen LogP contribution in [0.5, 0.6) is 5.75 Å². The molecule has 0 aliphatic carbocycles. The molecule has 1 aliphatic heterocycles. The Balaban J connectivity index is 2.34. The van der Waals surface area contributed by atoms with E-state index in [0.29, 0.717) is 24.2 Å². The Morgan fingerprint density at radius 3 is 2.70 bits per heavy atom. The lowest BCUT2D eigenvalue weighted by Gasteiger charge is -2.28. The van der Waals surface area contributed by atoms with Crippen LogP contribution in [0.4, 0.5) is 0 Å². The zero-order chi connectivity index (χ0) is 14.7. The molecule has 1 aliphatic rings. The van der Waals surface area contributed by atoms with Gasteiger partial charge in [0.15, 0.2) is 0 Å². The van der Waals surface area contributed by atoms with Gasteiger partial charge in [-0.25, -0.2) is 4.79 Å². The Kier molecular flexibility index (Phi) is 4.54. The molecule has 0 radical (unpaired) electrons. The molecule has 0 aromatic heterocycles. The van der Waals surface area contributed by atoms with Crippen LogP contribution in [-0.2, 0) is 9.59 Å². The minimum Gasteiger partial charge on any atom is -0.508 e. The standard InChI is InChI=1S/C14H17NO4S/c1-2-5-12(17)15-10(14(18)19)8-20-13(15)9-6-3-4-7-11(9)16/h3-4,6-7,10,13,16H,2,5,8H2,1H3,(H,18,19)/t10-,13?/m0/s1. The molecule has 2 N–H and O–H groups in total. The summed E-state index contributed by atoms with van der Waals surface area (Å²) in [6, 6.07) is 5.91. The summed E-state index contributed by atoms with van der Waals surface area (Å²) in [5.41, 5.74) is 0.589. The quantitative estimate of drug-likeness (QED) is 0.890. The van der Waals surface area contributed by atoms with E-state index in [1.54, 1.807) is 24.3 Å². The summed E-state index contributed by atoms with van der Waals surface area (Å²) >= 11 is 1.37. The van der Waals surface area contributed by atoms with E-state index in [1.807, 2.05) is 6.92 Å². The van der Waals surface area contributed by atoms with E-state index >= 15 is 0 Å². The molecule has 1 fully saturated rings. The number of amides is 1.